The van der Waals surface area contributed by atoms with Crippen molar-refractivity contribution >= 4 is 23.7 Å². The van der Waals surface area contributed by atoms with Crippen LogP contribution in [-0.4, -0.2) is 69.5 Å². The molecule has 0 radical (unpaired) electrons. The summed E-state index contributed by atoms with van der Waals surface area (Å²) in [5, 5.41) is 21.1. The Kier molecular flexibility index (Phi) is 10.0. The molecule has 4 rings (SSSR count). The molecule has 11 nitrogen and oxygen atoms in total. The van der Waals surface area contributed by atoms with Gasteiger partial charge in [-0.25, -0.2) is 9.78 Å². The van der Waals surface area contributed by atoms with Crippen molar-refractivity contribution in [2.45, 2.75) is 56.3 Å². The van der Waals surface area contributed by atoms with Crippen LogP contribution in [-0.2, 0) is 38.4 Å². The van der Waals surface area contributed by atoms with Gasteiger partial charge in [-0.1, -0.05) is 60.7 Å². The van der Waals surface area contributed by atoms with Gasteiger partial charge >= 0.3 is 5.97 Å². The largest absolute Gasteiger partial charge is 0.480 e. The second-order valence-electron chi connectivity index (χ2n) is 9.83. The van der Waals surface area contributed by atoms with E-state index in [1.54, 1.807) is 24.3 Å². The van der Waals surface area contributed by atoms with Crippen LogP contribution in [0, 0.1) is 0 Å². The first kappa shape index (κ1) is 28.5. The standard InChI is InChI=1S/C29H34N6O5/c36-26(22-12-7-13-31-22)33-23(14-19-8-3-1-4-9-19)27(37)34-24(16-21-17-30-18-32-21)28(38)35-25(29(39)40)15-20-10-5-2-6-11-20/h1-6,8-11,17-18,22-25,31H,7,12-16H2,(H,30,32)(H,33,36)(H,34,37)(H,35,38)(H,39,40). The van der Waals surface area contributed by atoms with E-state index in [2.05, 4.69) is 31.2 Å². The molecule has 0 bridgehead atoms. The summed E-state index contributed by atoms with van der Waals surface area (Å²) in [6.45, 7) is 0.730. The SMILES string of the molecule is O=C(O)C(Cc1ccccc1)NC(=O)C(Cc1cnc[nH]1)NC(=O)C(Cc1ccccc1)NC(=O)C1CCCN1. The number of nitrogens with one attached hydrogen (secondary N) is 5. The van der Waals surface area contributed by atoms with E-state index in [-0.39, 0.29) is 31.2 Å². The molecule has 4 unspecified atom stereocenters. The summed E-state index contributed by atoms with van der Waals surface area (Å²) in [6, 6.07) is 14.6. The molecule has 210 valence electrons. The van der Waals surface area contributed by atoms with Crippen LogP contribution in [0.5, 0.6) is 0 Å². The molecule has 2 aromatic carbocycles. The normalized spacial score (nSPS) is 16.9. The highest BCUT2D eigenvalue weighted by molar-refractivity contribution is 5.94. The number of nitrogens with zero attached hydrogens (tertiary/aromatic N) is 1. The number of carboxylic acids is 1. The van der Waals surface area contributed by atoms with E-state index in [1.165, 1.54) is 12.5 Å². The summed E-state index contributed by atoms with van der Waals surface area (Å²) >= 11 is 0. The second-order valence-corrected chi connectivity index (χ2v) is 9.83. The van der Waals surface area contributed by atoms with Gasteiger partial charge in [0.15, 0.2) is 0 Å². The van der Waals surface area contributed by atoms with Crippen LogP contribution in [0.3, 0.4) is 0 Å². The lowest BCUT2D eigenvalue weighted by Gasteiger charge is -2.25. The minimum atomic E-state index is -1.20. The summed E-state index contributed by atoms with van der Waals surface area (Å²) in [5.74, 6) is -2.68. The first-order valence-corrected chi connectivity index (χ1v) is 13.3. The van der Waals surface area contributed by atoms with Crippen molar-refractivity contribution in [2.75, 3.05) is 6.54 Å². The van der Waals surface area contributed by atoms with Crippen LogP contribution in [0.4, 0.5) is 0 Å². The molecule has 3 aromatic rings. The molecule has 0 saturated carbocycles. The number of amides is 3. The summed E-state index contributed by atoms with van der Waals surface area (Å²) in [6.07, 6.45) is 4.87. The zero-order valence-corrected chi connectivity index (χ0v) is 22.0. The number of carbonyl (C=O) groups is 4. The molecule has 1 aliphatic heterocycles. The Labute approximate surface area is 232 Å². The number of benzene rings is 2. The highest BCUT2D eigenvalue weighted by atomic mass is 16.4. The number of hydrogen-bond donors (Lipinski definition) is 6. The summed E-state index contributed by atoms with van der Waals surface area (Å²) in [4.78, 5) is 58.8. The number of rotatable bonds is 13. The van der Waals surface area contributed by atoms with Crippen LogP contribution in [0.15, 0.2) is 73.2 Å². The fraction of sp³-hybridized carbons (Fsp3) is 0.345. The monoisotopic (exact) mass is 546 g/mol. The maximum Gasteiger partial charge on any atom is 0.326 e. The Morgan fingerprint density at radius 3 is 1.93 bits per heavy atom. The molecule has 40 heavy (non-hydrogen) atoms. The number of carbonyl (C=O) groups excluding carboxylic acids is 3. The van der Waals surface area contributed by atoms with Crippen LogP contribution >= 0.6 is 0 Å². The number of imidazole rings is 1. The van der Waals surface area contributed by atoms with Crippen LogP contribution in [0.1, 0.15) is 29.7 Å². The Bertz CT molecular complexity index is 1260. The smallest absolute Gasteiger partial charge is 0.326 e. The van der Waals surface area contributed by atoms with Crippen molar-refractivity contribution in [1.29, 1.82) is 0 Å². The average molecular weight is 547 g/mol. The molecule has 1 saturated heterocycles. The first-order valence-electron chi connectivity index (χ1n) is 13.3. The van der Waals surface area contributed by atoms with Gasteiger partial charge in [-0.05, 0) is 30.5 Å². The molecule has 2 heterocycles. The molecule has 11 heteroatoms. The van der Waals surface area contributed by atoms with Gasteiger partial charge in [0.05, 0.1) is 12.4 Å². The molecular formula is C29H34N6O5. The fourth-order valence-corrected chi connectivity index (χ4v) is 4.66. The van der Waals surface area contributed by atoms with Crippen molar-refractivity contribution in [3.05, 3.63) is 90.0 Å². The molecule has 3 amide bonds. The number of aromatic nitrogens is 2. The number of aromatic amines is 1. The molecule has 4 atom stereocenters. The number of H-pyrrole nitrogens is 1. The number of carboxylic acid groups (broad SMARTS) is 1. The molecule has 6 N–H and O–H groups in total. The lowest BCUT2D eigenvalue weighted by molar-refractivity contribution is -0.142. The van der Waals surface area contributed by atoms with Crippen LogP contribution in [0.25, 0.3) is 0 Å². The van der Waals surface area contributed by atoms with Gasteiger partial charge < -0.3 is 31.4 Å². The highest BCUT2D eigenvalue weighted by Crippen LogP contribution is 2.10. The van der Waals surface area contributed by atoms with Gasteiger partial charge in [-0.3, -0.25) is 14.4 Å². The fourth-order valence-electron chi connectivity index (χ4n) is 4.66. The third-order valence-electron chi connectivity index (χ3n) is 6.80. The zero-order chi connectivity index (χ0) is 28.3. The lowest BCUT2D eigenvalue weighted by atomic mass is 10.0. The topological polar surface area (TPSA) is 165 Å². The highest BCUT2D eigenvalue weighted by Gasteiger charge is 2.32. The van der Waals surface area contributed by atoms with E-state index in [0.29, 0.717) is 12.1 Å². The van der Waals surface area contributed by atoms with Crippen molar-refractivity contribution in [2.24, 2.45) is 0 Å². The Morgan fingerprint density at radius 2 is 1.40 bits per heavy atom. The Morgan fingerprint density at radius 1 is 0.825 bits per heavy atom. The molecule has 0 spiro atoms. The van der Waals surface area contributed by atoms with Crippen LogP contribution < -0.4 is 21.3 Å². The van der Waals surface area contributed by atoms with Crippen LogP contribution in [0.2, 0.25) is 0 Å². The molecule has 0 aliphatic carbocycles. The number of hydrogen-bond acceptors (Lipinski definition) is 6. The predicted molar refractivity (Wildman–Crippen MR) is 147 cm³/mol. The van der Waals surface area contributed by atoms with E-state index in [0.717, 1.165) is 24.1 Å². The van der Waals surface area contributed by atoms with E-state index >= 15 is 0 Å². The summed E-state index contributed by atoms with van der Waals surface area (Å²) in [5.41, 5.74) is 2.16. The van der Waals surface area contributed by atoms with E-state index < -0.39 is 35.9 Å². The van der Waals surface area contributed by atoms with Gasteiger partial charge in [-0.2, -0.15) is 0 Å². The minimum Gasteiger partial charge on any atom is -0.480 e. The molecular weight excluding hydrogens is 512 g/mol. The maximum absolute atomic E-state index is 13.6. The molecule has 1 aromatic heterocycles. The van der Waals surface area contributed by atoms with E-state index in [1.807, 2.05) is 36.4 Å². The van der Waals surface area contributed by atoms with E-state index in [9.17, 15) is 24.3 Å². The lowest BCUT2D eigenvalue weighted by Crippen LogP contribution is -2.58. The summed E-state index contributed by atoms with van der Waals surface area (Å²) < 4.78 is 0. The molecule has 1 aliphatic rings. The van der Waals surface area contributed by atoms with Crippen molar-refractivity contribution in [1.82, 2.24) is 31.2 Å². The Hall–Kier alpha value is -4.51. The zero-order valence-electron chi connectivity index (χ0n) is 22.0. The van der Waals surface area contributed by atoms with Gasteiger partial charge in [0.25, 0.3) is 0 Å². The first-order chi connectivity index (χ1) is 19.4. The van der Waals surface area contributed by atoms with Crippen molar-refractivity contribution in [3.63, 3.8) is 0 Å². The number of aliphatic carboxylic acids is 1. The third-order valence-corrected chi connectivity index (χ3v) is 6.80. The van der Waals surface area contributed by atoms with Gasteiger partial charge in [0.1, 0.15) is 18.1 Å². The maximum atomic E-state index is 13.6. The van der Waals surface area contributed by atoms with Crippen molar-refractivity contribution in [3.8, 4) is 0 Å². The predicted octanol–water partition coefficient (Wildman–Crippen LogP) is 0.729. The summed E-state index contributed by atoms with van der Waals surface area (Å²) in [7, 11) is 0. The molecule has 1 fully saturated rings. The van der Waals surface area contributed by atoms with Gasteiger partial charge in [0, 0.05) is 31.2 Å². The van der Waals surface area contributed by atoms with Crippen molar-refractivity contribution < 1.29 is 24.3 Å². The second kappa shape index (κ2) is 14.0. The van der Waals surface area contributed by atoms with Gasteiger partial charge in [-0.15, -0.1) is 0 Å². The average Bonchev–Trinajstić information content (AvgIpc) is 3.68. The Balaban J connectivity index is 1.51. The third kappa shape index (κ3) is 8.24. The van der Waals surface area contributed by atoms with E-state index in [4.69, 9.17) is 0 Å². The van der Waals surface area contributed by atoms with Gasteiger partial charge in [0.2, 0.25) is 17.7 Å². The quantitative estimate of drug-likeness (QED) is 0.184. The minimum absolute atomic E-state index is 0.0471.